The minimum Gasteiger partial charge on any atom is -0.466 e. The lowest BCUT2D eigenvalue weighted by molar-refractivity contribution is -0.143. The molecule has 0 bridgehead atoms. The zero-order valence-corrected chi connectivity index (χ0v) is 35.4. The van der Waals surface area contributed by atoms with E-state index in [1.807, 2.05) is 6.08 Å². The summed E-state index contributed by atoms with van der Waals surface area (Å²) in [6.45, 7) is 4.75. The SMILES string of the molecule is CCCCCC/C=C\C/C=C\CCCCCCCC(=O)OCCCCCC/C=C\CCCC(=O)NC(CO)C(O)/C=C/CCCCCCCCCCCC. The van der Waals surface area contributed by atoms with Gasteiger partial charge in [-0.1, -0.05) is 172 Å². The first-order valence-electron chi connectivity index (χ1n) is 22.9. The summed E-state index contributed by atoms with van der Waals surface area (Å²) >= 11 is 0. The number of esters is 1. The molecule has 54 heavy (non-hydrogen) atoms. The number of hydrogen-bond acceptors (Lipinski definition) is 5. The second-order valence-corrected chi connectivity index (χ2v) is 15.4. The number of allylic oxidation sites excluding steroid dienone is 7. The van der Waals surface area contributed by atoms with E-state index in [4.69, 9.17) is 4.74 Å². The zero-order valence-electron chi connectivity index (χ0n) is 35.4. The van der Waals surface area contributed by atoms with E-state index >= 15 is 0 Å². The standard InChI is InChI=1S/C48H87NO5/c1-3-5-7-9-11-13-15-17-18-19-20-22-26-30-34-38-42-48(53)54-43-39-35-31-27-23-25-29-33-37-41-47(52)49-45(44-50)46(51)40-36-32-28-24-21-16-14-12-10-8-6-4-2/h13,15,18-19,25,29,36,40,45-46,50-51H,3-12,14,16-17,20-24,26-28,30-35,37-39,41-44H2,1-2H3,(H,49,52)/b15-13-,19-18-,29-25-,40-36+. The first-order chi connectivity index (χ1) is 26.5. The van der Waals surface area contributed by atoms with Gasteiger partial charge in [-0.3, -0.25) is 9.59 Å². The van der Waals surface area contributed by atoms with Gasteiger partial charge in [-0.25, -0.2) is 0 Å². The highest BCUT2D eigenvalue weighted by Gasteiger charge is 2.17. The van der Waals surface area contributed by atoms with Gasteiger partial charge in [-0.2, -0.15) is 0 Å². The summed E-state index contributed by atoms with van der Waals surface area (Å²) in [5.74, 6) is -0.186. The van der Waals surface area contributed by atoms with Crippen LogP contribution in [0.3, 0.4) is 0 Å². The predicted molar refractivity (Wildman–Crippen MR) is 232 cm³/mol. The van der Waals surface area contributed by atoms with E-state index in [0.29, 0.717) is 19.4 Å². The van der Waals surface area contributed by atoms with Crippen LogP contribution in [0.2, 0.25) is 0 Å². The van der Waals surface area contributed by atoms with E-state index in [2.05, 4.69) is 55.6 Å². The number of hydrogen-bond donors (Lipinski definition) is 3. The predicted octanol–water partition coefficient (Wildman–Crippen LogP) is 13.1. The van der Waals surface area contributed by atoms with Crippen molar-refractivity contribution < 1.29 is 24.5 Å². The third-order valence-corrected chi connectivity index (χ3v) is 10.1. The number of nitrogens with one attached hydrogen (secondary N) is 1. The van der Waals surface area contributed by atoms with E-state index in [1.54, 1.807) is 6.08 Å². The summed E-state index contributed by atoms with van der Waals surface area (Å²) in [6, 6.07) is -0.666. The molecule has 6 nitrogen and oxygen atoms in total. The molecule has 2 atom stereocenters. The lowest BCUT2D eigenvalue weighted by Gasteiger charge is -2.19. The Kier molecular flexibility index (Phi) is 41.8. The molecule has 0 aliphatic heterocycles. The first kappa shape index (κ1) is 51.8. The van der Waals surface area contributed by atoms with Crippen molar-refractivity contribution in [3.05, 3.63) is 48.6 Å². The van der Waals surface area contributed by atoms with Crippen LogP contribution in [0.15, 0.2) is 48.6 Å². The Morgan fingerprint density at radius 2 is 0.944 bits per heavy atom. The maximum atomic E-state index is 12.3. The molecule has 0 aliphatic carbocycles. The fourth-order valence-corrected chi connectivity index (χ4v) is 6.49. The van der Waals surface area contributed by atoms with Crippen molar-refractivity contribution in [1.82, 2.24) is 5.32 Å². The summed E-state index contributed by atoms with van der Waals surface area (Å²) in [4.78, 5) is 24.4. The Hall–Kier alpha value is -2.18. The van der Waals surface area contributed by atoms with Gasteiger partial charge < -0.3 is 20.3 Å². The highest BCUT2D eigenvalue weighted by molar-refractivity contribution is 5.76. The van der Waals surface area contributed by atoms with E-state index in [1.165, 1.54) is 109 Å². The van der Waals surface area contributed by atoms with Crippen LogP contribution >= 0.6 is 0 Å². The van der Waals surface area contributed by atoms with Gasteiger partial charge in [0.1, 0.15) is 0 Å². The fourth-order valence-electron chi connectivity index (χ4n) is 6.49. The highest BCUT2D eigenvalue weighted by atomic mass is 16.5. The van der Waals surface area contributed by atoms with Gasteiger partial charge in [-0.15, -0.1) is 0 Å². The average Bonchev–Trinajstić information content (AvgIpc) is 3.17. The third-order valence-electron chi connectivity index (χ3n) is 10.1. The van der Waals surface area contributed by atoms with Crippen molar-refractivity contribution in [3.63, 3.8) is 0 Å². The molecule has 2 unspecified atom stereocenters. The van der Waals surface area contributed by atoms with Crippen LogP contribution in [0.4, 0.5) is 0 Å². The van der Waals surface area contributed by atoms with Crippen molar-refractivity contribution in [3.8, 4) is 0 Å². The Morgan fingerprint density at radius 3 is 1.48 bits per heavy atom. The summed E-state index contributed by atoms with van der Waals surface area (Å²) in [6.07, 6.45) is 52.4. The van der Waals surface area contributed by atoms with Gasteiger partial charge in [0, 0.05) is 12.8 Å². The second kappa shape index (κ2) is 43.5. The molecule has 314 valence electrons. The van der Waals surface area contributed by atoms with Crippen molar-refractivity contribution in [2.45, 2.75) is 231 Å². The van der Waals surface area contributed by atoms with Gasteiger partial charge in [0.05, 0.1) is 25.4 Å². The van der Waals surface area contributed by atoms with Crippen LogP contribution in [0.5, 0.6) is 0 Å². The second-order valence-electron chi connectivity index (χ2n) is 15.4. The summed E-state index contributed by atoms with van der Waals surface area (Å²) in [5.41, 5.74) is 0. The number of ether oxygens (including phenoxy) is 1. The van der Waals surface area contributed by atoms with Gasteiger partial charge in [-0.05, 0) is 83.5 Å². The number of unbranched alkanes of at least 4 members (excludes halogenated alkanes) is 24. The number of carbonyl (C=O) groups is 2. The summed E-state index contributed by atoms with van der Waals surface area (Å²) < 4.78 is 5.42. The Morgan fingerprint density at radius 1 is 0.519 bits per heavy atom. The largest absolute Gasteiger partial charge is 0.466 e. The Bertz CT molecular complexity index is 926. The molecule has 0 spiro atoms. The van der Waals surface area contributed by atoms with E-state index in [9.17, 15) is 19.8 Å². The molecule has 0 fully saturated rings. The number of carbonyl (C=O) groups excluding carboxylic acids is 2. The maximum absolute atomic E-state index is 12.3. The zero-order chi connectivity index (χ0) is 39.4. The number of aliphatic hydroxyl groups excluding tert-OH is 2. The molecule has 0 heterocycles. The van der Waals surface area contributed by atoms with Crippen molar-refractivity contribution in [1.29, 1.82) is 0 Å². The van der Waals surface area contributed by atoms with E-state index in [0.717, 1.165) is 83.5 Å². The third kappa shape index (κ3) is 39.5. The molecule has 0 rings (SSSR count). The normalized spacial score (nSPS) is 13.2. The minimum absolute atomic E-state index is 0.0531. The average molecular weight is 758 g/mol. The van der Waals surface area contributed by atoms with Crippen molar-refractivity contribution in [2.24, 2.45) is 0 Å². The Balaban J connectivity index is 3.61. The molecule has 0 aromatic heterocycles. The van der Waals surface area contributed by atoms with Crippen LogP contribution in [-0.2, 0) is 14.3 Å². The van der Waals surface area contributed by atoms with Crippen molar-refractivity contribution in [2.75, 3.05) is 13.2 Å². The lowest BCUT2D eigenvalue weighted by Crippen LogP contribution is -2.45. The van der Waals surface area contributed by atoms with Gasteiger partial charge in [0.25, 0.3) is 0 Å². The molecule has 0 aromatic rings. The molecule has 1 amide bonds. The molecule has 0 saturated carbocycles. The molecule has 6 heteroatoms. The van der Waals surface area contributed by atoms with Crippen LogP contribution in [-0.4, -0.2) is 47.4 Å². The van der Waals surface area contributed by atoms with E-state index < -0.39 is 12.1 Å². The van der Waals surface area contributed by atoms with Crippen LogP contribution in [0.25, 0.3) is 0 Å². The molecular formula is C48H87NO5. The molecule has 0 saturated heterocycles. The maximum Gasteiger partial charge on any atom is 0.305 e. The molecule has 0 radical (unpaired) electrons. The van der Waals surface area contributed by atoms with Crippen LogP contribution in [0.1, 0.15) is 219 Å². The summed E-state index contributed by atoms with van der Waals surface area (Å²) in [5, 5.41) is 22.9. The van der Waals surface area contributed by atoms with Crippen molar-refractivity contribution >= 4 is 11.9 Å². The number of amides is 1. The number of aliphatic hydroxyl groups is 2. The molecule has 3 N–H and O–H groups in total. The van der Waals surface area contributed by atoms with Crippen LogP contribution < -0.4 is 5.32 Å². The van der Waals surface area contributed by atoms with Gasteiger partial charge in [0.15, 0.2) is 0 Å². The summed E-state index contributed by atoms with van der Waals surface area (Å²) in [7, 11) is 0. The molecule has 0 aromatic carbocycles. The smallest absolute Gasteiger partial charge is 0.305 e. The van der Waals surface area contributed by atoms with Gasteiger partial charge in [0.2, 0.25) is 5.91 Å². The number of rotatable bonds is 41. The van der Waals surface area contributed by atoms with Gasteiger partial charge >= 0.3 is 5.97 Å². The minimum atomic E-state index is -0.875. The van der Waals surface area contributed by atoms with E-state index in [-0.39, 0.29) is 18.5 Å². The monoisotopic (exact) mass is 758 g/mol. The quantitative estimate of drug-likeness (QED) is 0.0328. The van der Waals surface area contributed by atoms with Crippen LogP contribution in [0, 0.1) is 0 Å². The lowest BCUT2D eigenvalue weighted by atomic mass is 10.1. The Labute approximate surface area is 334 Å². The molecule has 0 aliphatic rings. The topological polar surface area (TPSA) is 95.9 Å². The fraction of sp³-hybridized carbons (Fsp3) is 0.792. The molecular weight excluding hydrogens is 671 g/mol. The highest BCUT2D eigenvalue weighted by Crippen LogP contribution is 2.13. The first-order valence-corrected chi connectivity index (χ1v) is 22.9.